The second-order valence-corrected chi connectivity index (χ2v) is 30.8. The highest BCUT2D eigenvalue weighted by Gasteiger charge is 2.30. The fraction of sp³-hybridized carbons (Fsp3) is 0.944. The standard InChI is InChI=1S/C72H140O17P2/c1-62(2)48-40-32-24-18-14-12-10-9-11-13-15-20-27-36-44-52-69(74)82-58-67(88-71(76)54-46-38-28-21-17-16-19-25-33-41-49-63(3)4)60-86-90(78,79)84-56-66(73)57-85-91(80,81)87-61-68(59-83-70(75)53-45-37-31-30-35-43-51-65(7)8)89-72(77)55-47-39-29-23-22-26-34-42-50-64(5)6/h62-68,73H,9-61H2,1-8H3,(H,78,79)(H,80,81)/t66-,67-,68-/m1/s1. The maximum atomic E-state index is 13.0. The van der Waals surface area contributed by atoms with E-state index in [1.807, 2.05) is 0 Å². The van der Waals surface area contributed by atoms with Crippen LogP contribution >= 0.6 is 15.6 Å². The number of carbonyl (C=O) groups is 4. The number of phosphoric acid groups is 2. The van der Waals surface area contributed by atoms with Gasteiger partial charge in [0.05, 0.1) is 26.4 Å². The predicted molar refractivity (Wildman–Crippen MR) is 367 cm³/mol. The minimum absolute atomic E-state index is 0.103. The minimum Gasteiger partial charge on any atom is -0.462 e. The molecule has 0 heterocycles. The van der Waals surface area contributed by atoms with Crippen molar-refractivity contribution >= 4 is 39.5 Å². The first kappa shape index (κ1) is 89.1. The van der Waals surface area contributed by atoms with Gasteiger partial charge in [-0.3, -0.25) is 37.3 Å². The molecule has 91 heavy (non-hydrogen) atoms. The SMILES string of the molecule is CC(C)CCCCCCCCCCCCCCCCCC(=O)OC[C@H](COP(=O)(O)OC[C@@H](O)COP(=O)(O)OC[C@@H](COC(=O)CCCCCCCCC(C)C)OC(=O)CCCCCCCCCCC(C)C)OC(=O)CCCCCCCCCCCCC(C)C. The smallest absolute Gasteiger partial charge is 0.462 e. The molecule has 0 aromatic heterocycles. The van der Waals surface area contributed by atoms with Gasteiger partial charge in [0.25, 0.3) is 0 Å². The molecule has 17 nitrogen and oxygen atoms in total. The summed E-state index contributed by atoms with van der Waals surface area (Å²) in [6.07, 6.45) is 44.7. The van der Waals surface area contributed by atoms with Crippen LogP contribution in [0.1, 0.15) is 357 Å². The molecule has 0 saturated heterocycles. The van der Waals surface area contributed by atoms with E-state index in [-0.39, 0.29) is 25.7 Å². The first-order chi connectivity index (χ1) is 43.6. The number of unbranched alkanes of at least 4 members (excludes halogenated alkanes) is 35. The molecule has 0 fully saturated rings. The zero-order valence-corrected chi connectivity index (χ0v) is 61.3. The van der Waals surface area contributed by atoms with Gasteiger partial charge in [0.15, 0.2) is 12.2 Å². The lowest BCUT2D eigenvalue weighted by molar-refractivity contribution is -0.161. The molecule has 3 N–H and O–H groups in total. The van der Waals surface area contributed by atoms with E-state index in [9.17, 15) is 43.2 Å². The molecule has 0 bridgehead atoms. The normalized spacial score (nSPS) is 14.2. The van der Waals surface area contributed by atoms with E-state index in [0.717, 1.165) is 114 Å². The van der Waals surface area contributed by atoms with E-state index in [1.54, 1.807) is 0 Å². The summed E-state index contributed by atoms with van der Waals surface area (Å²) in [7, 11) is -9.90. The zero-order valence-electron chi connectivity index (χ0n) is 59.5. The van der Waals surface area contributed by atoms with Crippen LogP contribution in [-0.2, 0) is 65.4 Å². The van der Waals surface area contributed by atoms with Gasteiger partial charge >= 0.3 is 39.5 Å². The highest BCUT2D eigenvalue weighted by atomic mass is 31.2. The number of rotatable bonds is 69. The highest BCUT2D eigenvalue weighted by molar-refractivity contribution is 7.47. The van der Waals surface area contributed by atoms with Gasteiger partial charge < -0.3 is 33.8 Å². The molecule has 0 aromatic rings. The number of ether oxygens (including phenoxy) is 4. The van der Waals surface area contributed by atoms with Crippen LogP contribution in [0.2, 0.25) is 0 Å². The summed E-state index contributed by atoms with van der Waals surface area (Å²) >= 11 is 0. The van der Waals surface area contributed by atoms with Crippen molar-refractivity contribution < 1.29 is 80.2 Å². The van der Waals surface area contributed by atoms with Gasteiger partial charge in [-0.15, -0.1) is 0 Å². The lowest BCUT2D eigenvalue weighted by Gasteiger charge is -2.21. The average molecular weight is 1340 g/mol. The molecule has 0 spiro atoms. The van der Waals surface area contributed by atoms with Crippen LogP contribution in [0.3, 0.4) is 0 Å². The van der Waals surface area contributed by atoms with Gasteiger partial charge in [0.1, 0.15) is 19.3 Å². The Morgan fingerprint density at radius 3 is 0.681 bits per heavy atom. The Balaban J connectivity index is 5.21. The fourth-order valence-corrected chi connectivity index (χ4v) is 12.4. The summed E-state index contributed by atoms with van der Waals surface area (Å²) in [4.78, 5) is 72.6. The summed E-state index contributed by atoms with van der Waals surface area (Å²) in [6, 6.07) is 0. The summed E-state index contributed by atoms with van der Waals surface area (Å²) in [6.45, 7) is 14.1. The molecule has 0 aliphatic heterocycles. The predicted octanol–water partition coefficient (Wildman–Crippen LogP) is 20.5. The van der Waals surface area contributed by atoms with Crippen molar-refractivity contribution in [2.75, 3.05) is 39.6 Å². The van der Waals surface area contributed by atoms with Gasteiger partial charge in [-0.2, -0.15) is 0 Å². The topological polar surface area (TPSA) is 237 Å². The summed E-state index contributed by atoms with van der Waals surface area (Å²) in [5, 5.41) is 10.6. The Hall–Kier alpha value is -1.94. The number of phosphoric ester groups is 2. The van der Waals surface area contributed by atoms with Crippen LogP contribution < -0.4 is 0 Å². The molecular formula is C72H140O17P2. The third kappa shape index (κ3) is 66.5. The Bertz CT molecular complexity index is 1800. The summed E-state index contributed by atoms with van der Waals surface area (Å²) in [5.41, 5.74) is 0. The van der Waals surface area contributed by atoms with Gasteiger partial charge in [0.2, 0.25) is 0 Å². The first-order valence-corrected chi connectivity index (χ1v) is 40.2. The average Bonchev–Trinajstić information content (AvgIpc) is 3.65. The number of aliphatic hydroxyl groups excluding tert-OH is 1. The second-order valence-electron chi connectivity index (χ2n) is 27.9. The fourth-order valence-electron chi connectivity index (χ4n) is 10.8. The number of hydrogen-bond acceptors (Lipinski definition) is 15. The zero-order chi connectivity index (χ0) is 67.5. The lowest BCUT2D eigenvalue weighted by atomic mass is 10.0. The number of esters is 4. The largest absolute Gasteiger partial charge is 0.472 e. The monoisotopic (exact) mass is 1340 g/mol. The van der Waals surface area contributed by atoms with Crippen LogP contribution in [0.5, 0.6) is 0 Å². The first-order valence-electron chi connectivity index (χ1n) is 37.2. The molecule has 0 aliphatic carbocycles. The molecule has 0 amide bonds. The second kappa shape index (κ2) is 61.6. The maximum absolute atomic E-state index is 13.0. The molecule has 2 unspecified atom stereocenters. The van der Waals surface area contributed by atoms with Crippen molar-refractivity contribution in [3.05, 3.63) is 0 Å². The van der Waals surface area contributed by atoms with Crippen LogP contribution in [0, 0.1) is 23.7 Å². The molecule has 540 valence electrons. The van der Waals surface area contributed by atoms with E-state index >= 15 is 0 Å². The van der Waals surface area contributed by atoms with Crippen molar-refractivity contribution in [2.45, 2.75) is 375 Å². The Labute approximate surface area is 556 Å². The quantitative estimate of drug-likeness (QED) is 0.0222. The van der Waals surface area contributed by atoms with E-state index in [4.69, 9.17) is 37.0 Å². The molecular weight excluding hydrogens is 1200 g/mol. The van der Waals surface area contributed by atoms with Gasteiger partial charge in [-0.25, -0.2) is 9.13 Å². The van der Waals surface area contributed by atoms with Crippen LogP contribution in [0.25, 0.3) is 0 Å². The van der Waals surface area contributed by atoms with E-state index in [1.165, 1.54) is 154 Å². The lowest BCUT2D eigenvalue weighted by Crippen LogP contribution is -2.30. The maximum Gasteiger partial charge on any atom is 0.472 e. The Morgan fingerprint density at radius 2 is 0.462 bits per heavy atom. The van der Waals surface area contributed by atoms with Gasteiger partial charge in [-0.05, 0) is 49.4 Å². The number of carbonyl (C=O) groups excluding carboxylic acids is 4. The third-order valence-corrected chi connectivity index (χ3v) is 18.5. The molecule has 0 aliphatic rings. The number of hydrogen-bond donors (Lipinski definition) is 3. The third-order valence-electron chi connectivity index (χ3n) is 16.6. The molecule has 0 radical (unpaired) electrons. The van der Waals surface area contributed by atoms with Crippen molar-refractivity contribution in [3.63, 3.8) is 0 Å². The van der Waals surface area contributed by atoms with Crippen molar-refractivity contribution in [1.82, 2.24) is 0 Å². The van der Waals surface area contributed by atoms with Gasteiger partial charge in [0, 0.05) is 25.7 Å². The Morgan fingerprint density at radius 1 is 0.275 bits per heavy atom. The molecule has 0 saturated carbocycles. The van der Waals surface area contributed by atoms with Crippen LogP contribution in [-0.4, -0.2) is 96.7 Å². The van der Waals surface area contributed by atoms with Crippen molar-refractivity contribution in [1.29, 1.82) is 0 Å². The van der Waals surface area contributed by atoms with Crippen LogP contribution in [0.15, 0.2) is 0 Å². The van der Waals surface area contributed by atoms with E-state index in [0.29, 0.717) is 31.6 Å². The molecule has 5 atom stereocenters. The van der Waals surface area contributed by atoms with E-state index in [2.05, 4.69) is 55.4 Å². The minimum atomic E-state index is -4.95. The van der Waals surface area contributed by atoms with Crippen molar-refractivity contribution in [3.8, 4) is 0 Å². The summed E-state index contributed by atoms with van der Waals surface area (Å²) in [5.74, 6) is 0.826. The highest BCUT2D eigenvalue weighted by Crippen LogP contribution is 2.45. The van der Waals surface area contributed by atoms with Crippen LogP contribution in [0.4, 0.5) is 0 Å². The summed E-state index contributed by atoms with van der Waals surface area (Å²) < 4.78 is 68.3. The number of aliphatic hydroxyl groups is 1. The van der Waals surface area contributed by atoms with Crippen molar-refractivity contribution in [2.24, 2.45) is 23.7 Å². The molecule has 19 heteroatoms. The molecule has 0 rings (SSSR count). The molecule has 0 aromatic carbocycles. The van der Waals surface area contributed by atoms with Gasteiger partial charge in [-0.1, -0.05) is 306 Å². The van der Waals surface area contributed by atoms with E-state index < -0.39 is 97.5 Å². The Kier molecular flexibility index (Phi) is 60.3.